The van der Waals surface area contributed by atoms with Crippen LogP contribution in [0.5, 0.6) is 0 Å². The summed E-state index contributed by atoms with van der Waals surface area (Å²) < 4.78 is 67.2. The van der Waals surface area contributed by atoms with E-state index >= 15 is 0 Å². The minimum absolute atomic E-state index is 0.121. The predicted molar refractivity (Wildman–Crippen MR) is 118 cm³/mol. The molecule has 0 radical (unpaired) electrons. The van der Waals surface area contributed by atoms with Crippen LogP contribution in [0.1, 0.15) is 19.3 Å². The summed E-state index contributed by atoms with van der Waals surface area (Å²) in [7, 11) is -3.93. The monoisotopic (exact) mass is 481 g/mol. The molecule has 0 aliphatic carbocycles. The Morgan fingerprint density at radius 3 is 2.36 bits per heavy atom. The van der Waals surface area contributed by atoms with Crippen molar-refractivity contribution in [1.29, 1.82) is 0 Å². The van der Waals surface area contributed by atoms with Gasteiger partial charge in [0.2, 0.25) is 15.9 Å². The smallest absolute Gasteiger partial charge is 0.245 e. The Balaban J connectivity index is 1.25. The molecule has 178 valence electrons. The first-order valence-corrected chi connectivity index (χ1v) is 12.4. The molecule has 6 nitrogen and oxygen atoms in total. The summed E-state index contributed by atoms with van der Waals surface area (Å²) in [6.07, 6.45) is 1.55. The lowest BCUT2D eigenvalue weighted by atomic mass is 9.97. The first kappa shape index (κ1) is 23.6. The van der Waals surface area contributed by atoms with Gasteiger partial charge < -0.3 is 10.2 Å². The van der Waals surface area contributed by atoms with Gasteiger partial charge in [0, 0.05) is 50.4 Å². The lowest BCUT2D eigenvalue weighted by Crippen LogP contribution is -2.44. The molecule has 2 fully saturated rings. The van der Waals surface area contributed by atoms with E-state index in [9.17, 15) is 26.4 Å². The highest BCUT2D eigenvalue weighted by molar-refractivity contribution is 7.89. The number of sulfonamides is 1. The van der Waals surface area contributed by atoms with Crippen molar-refractivity contribution in [2.45, 2.75) is 24.2 Å². The van der Waals surface area contributed by atoms with Crippen molar-refractivity contribution in [3.63, 3.8) is 0 Å². The van der Waals surface area contributed by atoms with Crippen LogP contribution in [0.2, 0.25) is 0 Å². The number of benzene rings is 2. The van der Waals surface area contributed by atoms with E-state index in [0.717, 1.165) is 18.6 Å². The quantitative estimate of drug-likeness (QED) is 0.688. The molecule has 2 heterocycles. The maximum Gasteiger partial charge on any atom is 0.245 e. The maximum absolute atomic E-state index is 14.0. The van der Waals surface area contributed by atoms with Crippen LogP contribution in [0.4, 0.5) is 18.9 Å². The molecular formula is C23H26F3N3O3S. The van der Waals surface area contributed by atoms with E-state index in [1.165, 1.54) is 28.6 Å². The largest absolute Gasteiger partial charge is 0.371 e. The van der Waals surface area contributed by atoms with E-state index in [-0.39, 0.29) is 35.7 Å². The van der Waals surface area contributed by atoms with Crippen LogP contribution in [-0.4, -0.2) is 51.4 Å². The first-order valence-electron chi connectivity index (χ1n) is 11.0. The summed E-state index contributed by atoms with van der Waals surface area (Å²) in [5.41, 5.74) is 0.617. The number of piperidine rings is 1. The number of hydrogen-bond acceptors (Lipinski definition) is 4. The van der Waals surface area contributed by atoms with Crippen molar-refractivity contribution in [3.8, 4) is 0 Å². The molecule has 4 rings (SSSR count). The van der Waals surface area contributed by atoms with E-state index in [4.69, 9.17) is 0 Å². The average molecular weight is 482 g/mol. The summed E-state index contributed by atoms with van der Waals surface area (Å²) in [4.78, 5) is 14.2. The molecule has 2 aliphatic heterocycles. The zero-order valence-corrected chi connectivity index (χ0v) is 18.8. The number of anilines is 1. The average Bonchev–Trinajstić information content (AvgIpc) is 3.28. The van der Waals surface area contributed by atoms with Crippen molar-refractivity contribution >= 4 is 21.6 Å². The minimum atomic E-state index is -3.93. The van der Waals surface area contributed by atoms with Crippen molar-refractivity contribution in [3.05, 3.63) is 59.9 Å². The Morgan fingerprint density at radius 2 is 1.67 bits per heavy atom. The Morgan fingerprint density at radius 1 is 0.939 bits per heavy atom. The van der Waals surface area contributed by atoms with Gasteiger partial charge in [-0.25, -0.2) is 21.6 Å². The zero-order chi connectivity index (χ0) is 23.6. The van der Waals surface area contributed by atoms with E-state index in [2.05, 4.69) is 5.32 Å². The third-order valence-electron chi connectivity index (χ3n) is 6.40. The molecule has 0 saturated carbocycles. The lowest BCUT2D eigenvalue weighted by Gasteiger charge is -2.30. The Hall–Kier alpha value is -2.59. The van der Waals surface area contributed by atoms with Gasteiger partial charge in [0.1, 0.15) is 10.7 Å². The van der Waals surface area contributed by atoms with E-state index in [1.807, 2.05) is 4.90 Å². The number of amides is 1. The van der Waals surface area contributed by atoms with Crippen LogP contribution in [0.15, 0.2) is 47.4 Å². The maximum atomic E-state index is 14.0. The molecule has 1 amide bonds. The molecule has 2 aliphatic rings. The number of carbonyl (C=O) groups excluding carboxylic acids is 1. The fourth-order valence-corrected chi connectivity index (χ4v) is 5.99. The molecule has 1 atom stereocenters. The van der Waals surface area contributed by atoms with Gasteiger partial charge in [-0.1, -0.05) is 12.1 Å². The SMILES string of the molecule is O=C(NCC1CCN(c2ccc(F)c(F)c2)C1)C1CCN(S(=O)(=O)c2ccccc2F)CC1. The number of nitrogens with one attached hydrogen (secondary N) is 1. The fourth-order valence-electron chi connectivity index (χ4n) is 4.46. The molecular weight excluding hydrogens is 455 g/mol. The topological polar surface area (TPSA) is 69.7 Å². The highest BCUT2D eigenvalue weighted by atomic mass is 32.2. The summed E-state index contributed by atoms with van der Waals surface area (Å²) in [6.45, 7) is 2.10. The fraction of sp³-hybridized carbons (Fsp3) is 0.435. The molecule has 0 aromatic heterocycles. The molecule has 1 N–H and O–H groups in total. The third kappa shape index (κ3) is 5.16. The summed E-state index contributed by atoms with van der Waals surface area (Å²) in [5.74, 6) is -2.79. The number of halogens is 3. The van der Waals surface area contributed by atoms with Crippen LogP contribution >= 0.6 is 0 Å². The molecule has 2 aromatic carbocycles. The van der Waals surface area contributed by atoms with Crippen molar-refractivity contribution in [2.75, 3.05) is 37.6 Å². The van der Waals surface area contributed by atoms with Gasteiger partial charge in [-0.05, 0) is 49.4 Å². The van der Waals surface area contributed by atoms with Gasteiger partial charge in [-0.2, -0.15) is 4.31 Å². The normalized spacial score (nSPS) is 20.2. The van der Waals surface area contributed by atoms with Crippen molar-refractivity contribution in [2.24, 2.45) is 11.8 Å². The van der Waals surface area contributed by atoms with Gasteiger partial charge in [0.15, 0.2) is 11.6 Å². The van der Waals surface area contributed by atoms with Crippen LogP contribution < -0.4 is 10.2 Å². The summed E-state index contributed by atoms with van der Waals surface area (Å²) in [5, 5.41) is 2.95. The number of rotatable bonds is 6. The Kier molecular flexibility index (Phi) is 6.94. The van der Waals surface area contributed by atoms with Gasteiger partial charge in [0.05, 0.1) is 0 Å². The second kappa shape index (κ2) is 9.72. The molecule has 0 spiro atoms. The standard InChI is InChI=1S/C23H26F3N3O3S/c24-19-6-5-18(13-21(19)26)28-10-7-16(15-28)14-27-23(30)17-8-11-29(12-9-17)33(31,32)22-4-2-1-3-20(22)25/h1-6,13,16-17H,7-12,14-15H2,(H,27,30). The van der Waals surface area contributed by atoms with Crippen LogP contribution in [0, 0.1) is 29.3 Å². The number of hydrogen-bond donors (Lipinski definition) is 1. The second-order valence-electron chi connectivity index (χ2n) is 8.55. The Labute approximate surface area is 191 Å². The van der Waals surface area contributed by atoms with Crippen LogP contribution in [0.25, 0.3) is 0 Å². The molecule has 2 saturated heterocycles. The van der Waals surface area contributed by atoms with Gasteiger partial charge in [-0.3, -0.25) is 4.79 Å². The van der Waals surface area contributed by atoms with E-state index in [0.29, 0.717) is 38.2 Å². The summed E-state index contributed by atoms with van der Waals surface area (Å²) >= 11 is 0. The highest BCUT2D eigenvalue weighted by Crippen LogP contribution is 2.27. The third-order valence-corrected chi connectivity index (χ3v) is 8.33. The lowest BCUT2D eigenvalue weighted by molar-refractivity contribution is -0.126. The van der Waals surface area contributed by atoms with Crippen LogP contribution in [-0.2, 0) is 14.8 Å². The number of carbonyl (C=O) groups is 1. The van der Waals surface area contributed by atoms with Gasteiger partial charge in [0.25, 0.3) is 0 Å². The van der Waals surface area contributed by atoms with Crippen LogP contribution in [0.3, 0.4) is 0 Å². The molecule has 2 aromatic rings. The summed E-state index contributed by atoms with van der Waals surface area (Å²) in [6, 6.07) is 9.11. The number of nitrogens with zero attached hydrogens (tertiary/aromatic N) is 2. The minimum Gasteiger partial charge on any atom is -0.371 e. The highest BCUT2D eigenvalue weighted by Gasteiger charge is 2.34. The van der Waals surface area contributed by atoms with E-state index < -0.39 is 27.5 Å². The second-order valence-corrected chi connectivity index (χ2v) is 10.5. The zero-order valence-electron chi connectivity index (χ0n) is 18.0. The predicted octanol–water partition coefficient (Wildman–Crippen LogP) is 3.15. The molecule has 33 heavy (non-hydrogen) atoms. The Bertz CT molecular complexity index is 1120. The van der Waals surface area contributed by atoms with Gasteiger partial charge in [-0.15, -0.1) is 0 Å². The van der Waals surface area contributed by atoms with E-state index in [1.54, 1.807) is 6.07 Å². The van der Waals surface area contributed by atoms with Gasteiger partial charge >= 0.3 is 0 Å². The molecule has 0 bridgehead atoms. The molecule has 1 unspecified atom stereocenters. The molecule has 10 heteroatoms. The first-order chi connectivity index (χ1) is 15.8. The van der Waals surface area contributed by atoms with Crippen molar-refractivity contribution < 1.29 is 26.4 Å². The van der Waals surface area contributed by atoms with Crippen molar-refractivity contribution in [1.82, 2.24) is 9.62 Å².